The quantitative estimate of drug-likeness (QED) is 0.310. The molecule has 0 aliphatic rings. The zero-order valence-corrected chi connectivity index (χ0v) is 22.3. The smallest absolute Gasteiger partial charge is 0.254 e. The summed E-state index contributed by atoms with van der Waals surface area (Å²) in [6.45, 7) is 8.38. The molecule has 3 aromatic carbocycles. The number of hydrogen-bond donors (Lipinski definition) is 1. The van der Waals surface area contributed by atoms with E-state index in [1.165, 1.54) is 4.90 Å². The fourth-order valence-corrected chi connectivity index (χ4v) is 4.17. The van der Waals surface area contributed by atoms with Gasteiger partial charge in [0.1, 0.15) is 12.4 Å². The number of para-hydroxylation sites is 1. The van der Waals surface area contributed by atoms with Gasteiger partial charge in [-0.25, -0.2) is 4.68 Å². The van der Waals surface area contributed by atoms with Gasteiger partial charge in [0.15, 0.2) is 0 Å². The van der Waals surface area contributed by atoms with Crippen LogP contribution >= 0.6 is 11.6 Å². The number of nitrogens with one attached hydrogen (secondary N) is 1. The maximum atomic E-state index is 13.4. The summed E-state index contributed by atoms with van der Waals surface area (Å²) < 4.78 is 1.76. The van der Waals surface area contributed by atoms with Gasteiger partial charge in [0, 0.05) is 28.6 Å². The van der Waals surface area contributed by atoms with Crippen molar-refractivity contribution in [3.8, 4) is 5.69 Å². The number of halogens is 1. The lowest BCUT2D eigenvalue weighted by atomic mass is 9.92. The second-order valence-corrected chi connectivity index (χ2v) is 10.5. The largest absolute Gasteiger partial charge is 0.325 e. The maximum Gasteiger partial charge on any atom is 0.254 e. The fraction of sp³-hybridized carbons (Fsp3) is 0.233. The molecule has 0 aliphatic carbocycles. The average molecular weight is 515 g/mol. The van der Waals surface area contributed by atoms with Crippen LogP contribution in [-0.4, -0.2) is 33.0 Å². The van der Waals surface area contributed by atoms with E-state index in [9.17, 15) is 9.59 Å². The predicted octanol–water partition coefficient (Wildman–Crippen LogP) is 6.41. The highest BCUT2D eigenvalue weighted by Crippen LogP contribution is 2.27. The molecule has 1 heterocycles. The fourth-order valence-electron chi connectivity index (χ4n) is 3.98. The summed E-state index contributed by atoms with van der Waals surface area (Å²) in [5, 5.41) is 8.28. The molecule has 0 saturated heterocycles. The summed E-state index contributed by atoms with van der Waals surface area (Å²) >= 11 is 6.13. The molecule has 0 unspecified atom stereocenters. The molecule has 1 aromatic heterocycles. The standard InChI is InChI=1S/C30H31ClN4O2/c1-21-11-8-9-16-25(21)35-27(18-26(33-35)30(2,3)4)32-28(36)20-34(19-22-12-6-5-7-13-22)29(37)23-14-10-15-24(31)17-23/h5-18H,19-20H2,1-4H3,(H,32,36). The Balaban J connectivity index is 1.63. The molecule has 1 N–H and O–H groups in total. The number of amides is 2. The average Bonchev–Trinajstić information content (AvgIpc) is 3.28. The number of benzene rings is 3. The van der Waals surface area contributed by atoms with Crippen molar-refractivity contribution in [2.75, 3.05) is 11.9 Å². The first-order valence-corrected chi connectivity index (χ1v) is 12.5. The second kappa shape index (κ2) is 11.0. The number of nitrogens with zero attached hydrogens (tertiary/aromatic N) is 3. The van der Waals surface area contributed by atoms with Gasteiger partial charge in [-0.1, -0.05) is 87.0 Å². The number of carbonyl (C=O) groups excluding carboxylic acids is 2. The Hall–Kier alpha value is -3.90. The summed E-state index contributed by atoms with van der Waals surface area (Å²) in [7, 11) is 0. The SMILES string of the molecule is Cc1ccccc1-n1nc(C(C)(C)C)cc1NC(=O)CN(Cc1ccccc1)C(=O)c1cccc(Cl)c1. The number of carbonyl (C=O) groups is 2. The molecule has 7 heteroatoms. The predicted molar refractivity (Wildman–Crippen MR) is 148 cm³/mol. The van der Waals surface area contributed by atoms with Crippen LogP contribution in [0.1, 0.15) is 48.0 Å². The molecule has 37 heavy (non-hydrogen) atoms. The molecule has 0 bridgehead atoms. The van der Waals surface area contributed by atoms with Gasteiger partial charge in [0.25, 0.3) is 5.91 Å². The molecule has 0 spiro atoms. The summed E-state index contributed by atoms with van der Waals surface area (Å²) in [6, 6.07) is 26.1. The molecule has 0 radical (unpaired) electrons. The van der Waals surface area contributed by atoms with Gasteiger partial charge in [-0.05, 0) is 42.3 Å². The highest BCUT2D eigenvalue weighted by atomic mass is 35.5. The van der Waals surface area contributed by atoms with E-state index < -0.39 is 0 Å². The molecule has 4 rings (SSSR count). The lowest BCUT2D eigenvalue weighted by Gasteiger charge is -2.23. The normalized spacial score (nSPS) is 11.3. The van der Waals surface area contributed by atoms with E-state index in [0.717, 1.165) is 22.5 Å². The van der Waals surface area contributed by atoms with E-state index in [1.54, 1.807) is 28.9 Å². The minimum absolute atomic E-state index is 0.135. The molecular formula is C30H31ClN4O2. The second-order valence-electron chi connectivity index (χ2n) is 10.1. The van der Waals surface area contributed by atoms with Gasteiger partial charge in [-0.15, -0.1) is 0 Å². The summed E-state index contributed by atoms with van der Waals surface area (Å²) in [4.78, 5) is 28.3. The van der Waals surface area contributed by atoms with E-state index in [-0.39, 0.29) is 30.3 Å². The highest BCUT2D eigenvalue weighted by molar-refractivity contribution is 6.31. The van der Waals surface area contributed by atoms with Crippen LogP contribution in [-0.2, 0) is 16.8 Å². The van der Waals surface area contributed by atoms with Crippen molar-refractivity contribution in [3.63, 3.8) is 0 Å². The highest BCUT2D eigenvalue weighted by Gasteiger charge is 2.24. The summed E-state index contributed by atoms with van der Waals surface area (Å²) in [6.07, 6.45) is 0. The van der Waals surface area contributed by atoms with E-state index in [0.29, 0.717) is 16.4 Å². The Morgan fingerprint density at radius 3 is 2.32 bits per heavy atom. The Morgan fingerprint density at radius 2 is 1.65 bits per heavy atom. The van der Waals surface area contributed by atoms with E-state index in [1.807, 2.05) is 67.6 Å². The molecule has 190 valence electrons. The number of hydrogen-bond acceptors (Lipinski definition) is 3. The monoisotopic (exact) mass is 514 g/mol. The van der Waals surface area contributed by atoms with Gasteiger partial charge in [-0.3, -0.25) is 9.59 Å². The van der Waals surface area contributed by atoms with E-state index in [2.05, 4.69) is 26.1 Å². The Morgan fingerprint density at radius 1 is 0.946 bits per heavy atom. The van der Waals surface area contributed by atoms with Crippen LogP contribution in [0.25, 0.3) is 5.69 Å². The van der Waals surface area contributed by atoms with E-state index in [4.69, 9.17) is 16.7 Å². The lowest BCUT2D eigenvalue weighted by Crippen LogP contribution is -2.37. The van der Waals surface area contributed by atoms with Crippen molar-refractivity contribution in [1.82, 2.24) is 14.7 Å². The third-order valence-corrected chi connectivity index (χ3v) is 6.23. The zero-order chi connectivity index (χ0) is 26.6. The molecule has 2 amide bonds. The van der Waals surface area contributed by atoms with Crippen LogP contribution in [0.15, 0.2) is 84.9 Å². The third-order valence-electron chi connectivity index (χ3n) is 6.00. The molecule has 4 aromatic rings. The number of aryl methyl sites for hydroxylation is 1. The maximum absolute atomic E-state index is 13.4. The van der Waals surface area contributed by atoms with Crippen molar-refractivity contribution in [1.29, 1.82) is 0 Å². The van der Waals surface area contributed by atoms with Gasteiger partial charge in [-0.2, -0.15) is 5.10 Å². The minimum Gasteiger partial charge on any atom is -0.325 e. The molecule has 0 fully saturated rings. The van der Waals surface area contributed by atoms with E-state index >= 15 is 0 Å². The molecule has 0 saturated carbocycles. The van der Waals surface area contributed by atoms with Crippen molar-refractivity contribution >= 4 is 29.2 Å². The molecule has 0 atom stereocenters. The minimum atomic E-state index is -0.318. The van der Waals surface area contributed by atoms with Crippen LogP contribution in [0.2, 0.25) is 5.02 Å². The summed E-state index contributed by atoms with van der Waals surface area (Å²) in [5.74, 6) is -0.0371. The van der Waals surface area contributed by atoms with Gasteiger partial charge >= 0.3 is 0 Å². The number of anilines is 1. The van der Waals surface area contributed by atoms with Crippen molar-refractivity contribution in [2.45, 2.75) is 39.7 Å². The van der Waals surface area contributed by atoms with Gasteiger partial charge in [0.2, 0.25) is 5.91 Å². The molecule has 6 nitrogen and oxygen atoms in total. The number of rotatable bonds is 7. The number of aromatic nitrogens is 2. The van der Waals surface area contributed by atoms with Crippen molar-refractivity contribution in [3.05, 3.63) is 112 Å². The van der Waals surface area contributed by atoms with Crippen molar-refractivity contribution in [2.24, 2.45) is 0 Å². The van der Waals surface area contributed by atoms with Crippen LogP contribution in [0.4, 0.5) is 5.82 Å². The zero-order valence-electron chi connectivity index (χ0n) is 21.5. The van der Waals surface area contributed by atoms with Crippen LogP contribution in [0.5, 0.6) is 0 Å². The lowest BCUT2D eigenvalue weighted by molar-refractivity contribution is -0.117. The Kier molecular flexibility index (Phi) is 7.79. The van der Waals surface area contributed by atoms with Crippen LogP contribution in [0.3, 0.4) is 0 Å². The topological polar surface area (TPSA) is 67.2 Å². The van der Waals surface area contributed by atoms with Gasteiger partial charge in [0.05, 0.1) is 11.4 Å². The first kappa shape index (κ1) is 26.2. The first-order chi connectivity index (χ1) is 17.6. The summed E-state index contributed by atoms with van der Waals surface area (Å²) in [5.41, 5.74) is 3.90. The molecule has 0 aliphatic heterocycles. The molecular weight excluding hydrogens is 484 g/mol. The Labute approximate surface area is 222 Å². The van der Waals surface area contributed by atoms with Gasteiger partial charge < -0.3 is 10.2 Å². The third kappa shape index (κ3) is 6.46. The van der Waals surface area contributed by atoms with Crippen molar-refractivity contribution < 1.29 is 9.59 Å². The van der Waals surface area contributed by atoms with Crippen LogP contribution in [0, 0.1) is 6.92 Å². The van der Waals surface area contributed by atoms with Crippen LogP contribution < -0.4 is 5.32 Å². The Bertz CT molecular complexity index is 1410. The first-order valence-electron chi connectivity index (χ1n) is 12.2.